The molecule has 1 amide bonds. The Hall–Kier alpha value is -0.520. The standard InChI is InChI=1S/C15H21NO2S2/c1-10-2-3-11-12(7-20-13(11)6-10)14(17)16-8-15(18)4-5-19-9-15/h7,10,18H,2-6,8-9H2,1H3,(H,16,17). The van der Waals surface area contributed by atoms with Gasteiger partial charge in [0.1, 0.15) is 0 Å². The Labute approximate surface area is 128 Å². The molecule has 5 heteroatoms. The Morgan fingerprint density at radius 1 is 1.60 bits per heavy atom. The Balaban J connectivity index is 1.66. The number of fused-ring (bicyclic) bond motifs is 1. The molecule has 2 unspecified atom stereocenters. The maximum Gasteiger partial charge on any atom is 0.252 e. The second-order valence-corrected chi connectivity index (χ2v) is 8.18. The lowest BCUT2D eigenvalue weighted by molar-refractivity contribution is 0.0612. The number of thiophene rings is 1. The molecule has 1 fully saturated rings. The number of amides is 1. The summed E-state index contributed by atoms with van der Waals surface area (Å²) in [5, 5.41) is 15.2. The van der Waals surface area contributed by atoms with Crippen LogP contribution in [-0.4, -0.2) is 34.7 Å². The van der Waals surface area contributed by atoms with E-state index in [0.717, 1.165) is 42.2 Å². The topological polar surface area (TPSA) is 49.3 Å². The zero-order chi connectivity index (χ0) is 14.2. The highest BCUT2D eigenvalue weighted by Gasteiger charge is 2.32. The van der Waals surface area contributed by atoms with Gasteiger partial charge in [0.15, 0.2) is 0 Å². The fraction of sp³-hybridized carbons (Fsp3) is 0.667. The van der Waals surface area contributed by atoms with Crippen molar-refractivity contribution in [2.24, 2.45) is 5.92 Å². The van der Waals surface area contributed by atoms with Gasteiger partial charge in [-0.3, -0.25) is 4.79 Å². The summed E-state index contributed by atoms with van der Waals surface area (Å²) in [4.78, 5) is 13.7. The largest absolute Gasteiger partial charge is 0.387 e. The molecule has 0 saturated carbocycles. The summed E-state index contributed by atoms with van der Waals surface area (Å²) in [5.74, 6) is 2.43. The van der Waals surface area contributed by atoms with E-state index in [1.165, 1.54) is 16.9 Å². The van der Waals surface area contributed by atoms with Gasteiger partial charge in [-0.05, 0) is 42.9 Å². The molecule has 1 aromatic rings. The lowest BCUT2D eigenvalue weighted by Gasteiger charge is -2.22. The Kier molecular flexibility index (Phi) is 4.11. The van der Waals surface area contributed by atoms with Gasteiger partial charge in [0.2, 0.25) is 0 Å². The molecule has 2 atom stereocenters. The summed E-state index contributed by atoms with van der Waals surface area (Å²) in [7, 11) is 0. The first-order valence-electron chi connectivity index (χ1n) is 7.25. The van der Waals surface area contributed by atoms with Crippen molar-refractivity contribution in [2.45, 2.75) is 38.2 Å². The highest BCUT2D eigenvalue weighted by Crippen LogP contribution is 2.33. The first kappa shape index (κ1) is 14.4. The van der Waals surface area contributed by atoms with Gasteiger partial charge in [-0.1, -0.05) is 6.92 Å². The van der Waals surface area contributed by atoms with E-state index in [1.807, 2.05) is 5.38 Å². The number of rotatable bonds is 3. The van der Waals surface area contributed by atoms with Gasteiger partial charge in [-0.15, -0.1) is 11.3 Å². The van der Waals surface area contributed by atoms with Crippen LogP contribution >= 0.6 is 23.1 Å². The Morgan fingerprint density at radius 3 is 3.20 bits per heavy atom. The third kappa shape index (κ3) is 2.90. The van der Waals surface area contributed by atoms with Crippen LogP contribution < -0.4 is 5.32 Å². The maximum absolute atomic E-state index is 12.3. The van der Waals surface area contributed by atoms with Gasteiger partial charge in [-0.25, -0.2) is 0 Å². The third-order valence-corrected chi connectivity index (χ3v) is 6.59. The molecular formula is C15H21NO2S2. The fourth-order valence-electron chi connectivity index (χ4n) is 2.94. The summed E-state index contributed by atoms with van der Waals surface area (Å²) >= 11 is 3.47. The van der Waals surface area contributed by atoms with Crippen molar-refractivity contribution in [2.75, 3.05) is 18.1 Å². The van der Waals surface area contributed by atoms with Crippen molar-refractivity contribution < 1.29 is 9.90 Å². The van der Waals surface area contributed by atoms with Crippen LogP contribution in [0.4, 0.5) is 0 Å². The van der Waals surface area contributed by atoms with E-state index in [2.05, 4.69) is 12.2 Å². The van der Waals surface area contributed by atoms with Crippen LogP contribution in [0, 0.1) is 5.92 Å². The predicted octanol–water partition coefficient (Wildman–Crippen LogP) is 2.47. The number of carbonyl (C=O) groups excluding carboxylic acids is 1. The molecule has 2 N–H and O–H groups in total. The van der Waals surface area contributed by atoms with Crippen LogP contribution in [0.2, 0.25) is 0 Å². The van der Waals surface area contributed by atoms with E-state index in [4.69, 9.17) is 0 Å². The number of hydrogen-bond donors (Lipinski definition) is 2. The van der Waals surface area contributed by atoms with Crippen LogP contribution in [0.3, 0.4) is 0 Å². The summed E-state index contributed by atoms with van der Waals surface area (Å²) in [5.41, 5.74) is 1.38. The number of aliphatic hydroxyl groups is 1. The molecule has 110 valence electrons. The fourth-order valence-corrected chi connectivity index (χ4v) is 5.48. The van der Waals surface area contributed by atoms with Gasteiger partial charge in [0.25, 0.3) is 5.91 Å². The van der Waals surface area contributed by atoms with Crippen LogP contribution in [0.1, 0.15) is 40.6 Å². The second-order valence-electron chi connectivity index (χ2n) is 6.11. The zero-order valence-electron chi connectivity index (χ0n) is 11.8. The molecule has 0 bridgehead atoms. The van der Waals surface area contributed by atoms with E-state index in [9.17, 15) is 9.90 Å². The predicted molar refractivity (Wildman–Crippen MR) is 84.7 cm³/mol. The van der Waals surface area contributed by atoms with Crippen LogP contribution in [-0.2, 0) is 12.8 Å². The van der Waals surface area contributed by atoms with Gasteiger partial charge in [0, 0.05) is 22.6 Å². The van der Waals surface area contributed by atoms with Crippen molar-refractivity contribution in [3.63, 3.8) is 0 Å². The second kappa shape index (κ2) is 5.70. The summed E-state index contributed by atoms with van der Waals surface area (Å²) in [6, 6.07) is 0. The van der Waals surface area contributed by atoms with Crippen molar-refractivity contribution >= 4 is 29.0 Å². The van der Waals surface area contributed by atoms with E-state index >= 15 is 0 Å². The summed E-state index contributed by atoms with van der Waals surface area (Å²) < 4.78 is 0. The van der Waals surface area contributed by atoms with Crippen LogP contribution in [0.5, 0.6) is 0 Å². The summed E-state index contributed by atoms with van der Waals surface area (Å²) in [6.07, 6.45) is 4.07. The first-order valence-corrected chi connectivity index (χ1v) is 9.28. The molecule has 1 aliphatic heterocycles. The van der Waals surface area contributed by atoms with E-state index in [1.54, 1.807) is 23.1 Å². The number of nitrogens with one attached hydrogen (secondary N) is 1. The zero-order valence-corrected chi connectivity index (χ0v) is 13.4. The van der Waals surface area contributed by atoms with E-state index in [0.29, 0.717) is 6.54 Å². The van der Waals surface area contributed by atoms with Gasteiger partial charge in [0.05, 0.1) is 11.2 Å². The molecule has 20 heavy (non-hydrogen) atoms. The molecule has 0 spiro atoms. The molecule has 3 nitrogen and oxygen atoms in total. The summed E-state index contributed by atoms with van der Waals surface area (Å²) in [6.45, 7) is 2.65. The minimum atomic E-state index is -0.703. The van der Waals surface area contributed by atoms with Crippen molar-refractivity contribution in [1.82, 2.24) is 5.32 Å². The number of thioether (sulfide) groups is 1. The smallest absolute Gasteiger partial charge is 0.252 e. The lowest BCUT2D eigenvalue weighted by atomic mass is 9.88. The third-order valence-electron chi connectivity index (χ3n) is 4.31. The van der Waals surface area contributed by atoms with Crippen molar-refractivity contribution in [1.29, 1.82) is 0 Å². The highest BCUT2D eigenvalue weighted by atomic mass is 32.2. The average molecular weight is 311 g/mol. The van der Waals surface area contributed by atoms with Gasteiger partial charge >= 0.3 is 0 Å². The minimum absolute atomic E-state index is 0.0117. The van der Waals surface area contributed by atoms with Crippen LogP contribution in [0.25, 0.3) is 0 Å². The van der Waals surface area contributed by atoms with Gasteiger partial charge < -0.3 is 10.4 Å². The maximum atomic E-state index is 12.3. The quantitative estimate of drug-likeness (QED) is 0.901. The Morgan fingerprint density at radius 2 is 2.45 bits per heavy atom. The van der Waals surface area contributed by atoms with E-state index in [-0.39, 0.29) is 5.91 Å². The number of hydrogen-bond acceptors (Lipinski definition) is 4. The molecule has 1 saturated heterocycles. The molecular weight excluding hydrogens is 290 g/mol. The normalized spacial score (nSPS) is 29.2. The van der Waals surface area contributed by atoms with Gasteiger partial charge in [-0.2, -0.15) is 11.8 Å². The minimum Gasteiger partial charge on any atom is -0.387 e. The number of carbonyl (C=O) groups is 1. The molecule has 0 aromatic carbocycles. The van der Waals surface area contributed by atoms with E-state index < -0.39 is 5.60 Å². The first-order chi connectivity index (χ1) is 9.57. The molecule has 2 heterocycles. The SMILES string of the molecule is CC1CCc2c(C(=O)NCC3(O)CCSC3)csc2C1. The molecule has 3 rings (SSSR count). The van der Waals surface area contributed by atoms with Crippen LogP contribution in [0.15, 0.2) is 5.38 Å². The highest BCUT2D eigenvalue weighted by molar-refractivity contribution is 7.99. The average Bonchev–Trinajstić information content (AvgIpc) is 3.02. The molecule has 2 aliphatic rings. The van der Waals surface area contributed by atoms with Crippen molar-refractivity contribution in [3.8, 4) is 0 Å². The molecule has 0 radical (unpaired) electrons. The Bertz CT molecular complexity index is 506. The van der Waals surface area contributed by atoms with Crippen molar-refractivity contribution in [3.05, 3.63) is 21.4 Å². The molecule has 1 aromatic heterocycles. The lowest BCUT2D eigenvalue weighted by Crippen LogP contribution is -2.43. The monoisotopic (exact) mass is 311 g/mol. The molecule has 1 aliphatic carbocycles.